The third-order valence-corrected chi connectivity index (χ3v) is 3.84. The van der Waals surface area contributed by atoms with Crippen LogP contribution in [0.25, 0.3) is 0 Å². The number of amides is 1. The summed E-state index contributed by atoms with van der Waals surface area (Å²) in [6.45, 7) is 0.823. The van der Waals surface area contributed by atoms with E-state index in [0.29, 0.717) is 12.1 Å². The molecule has 1 heterocycles. The second-order valence-electron chi connectivity index (χ2n) is 5.54. The lowest BCUT2D eigenvalue weighted by molar-refractivity contribution is 0.0941. The molecule has 1 amide bonds. The molecule has 114 valence electrons. The number of aliphatic hydroxyl groups is 1. The van der Waals surface area contributed by atoms with Crippen LogP contribution in [0, 0.1) is 5.92 Å². The predicted octanol–water partition coefficient (Wildman–Crippen LogP) is 1.60. The first-order valence-electron chi connectivity index (χ1n) is 7.41. The van der Waals surface area contributed by atoms with E-state index in [4.69, 9.17) is 5.11 Å². The molecular formula is C17H19N3O2. The molecule has 2 N–H and O–H groups in total. The first-order valence-corrected chi connectivity index (χ1v) is 7.41. The van der Waals surface area contributed by atoms with Crippen molar-refractivity contribution in [2.75, 3.05) is 6.61 Å². The Labute approximate surface area is 129 Å². The fourth-order valence-electron chi connectivity index (χ4n) is 2.61. The van der Waals surface area contributed by atoms with Crippen molar-refractivity contribution in [3.8, 4) is 0 Å². The van der Waals surface area contributed by atoms with Gasteiger partial charge in [0.2, 0.25) is 0 Å². The van der Waals surface area contributed by atoms with Crippen molar-refractivity contribution >= 4 is 5.91 Å². The zero-order valence-electron chi connectivity index (χ0n) is 12.2. The van der Waals surface area contributed by atoms with Crippen LogP contribution in [-0.4, -0.2) is 33.4 Å². The molecular weight excluding hydrogens is 278 g/mol. The number of aromatic nitrogens is 2. The van der Waals surface area contributed by atoms with Gasteiger partial charge in [0.05, 0.1) is 6.54 Å². The van der Waals surface area contributed by atoms with Gasteiger partial charge in [-0.3, -0.25) is 9.48 Å². The van der Waals surface area contributed by atoms with Crippen LogP contribution in [0.4, 0.5) is 0 Å². The van der Waals surface area contributed by atoms with Crippen LogP contribution in [0.15, 0.2) is 54.9 Å². The number of nitrogens with zero attached hydrogens (tertiary/aromatic N) is 2. The van der Waals surface area contributed by atoms with E-state index >= 15 is 0 Å². The van der Waals surface area contributed by atoms with E-state index in [2.05, 4.69) is 10.4 Å². The van der Waals surface area contributed by atoms with Crippen LogP contribution in [0.1, 0.15) is 22.3 Å². The smallest absolute Gasteiger partial charge is 0.251 e. The number of rotatable bonds is 5. The number of carbonyl (C=O) groups is 1. The van der Waals surface area contributed by atoms with Crippen LogP contribution >= 0.6 is 0 Å². The normalized spacial score (nSPS) is 20.2. The first kappa shape index (κ1) is 14.5. The summed E-state index contributed by atoms with van der Waals surface area (Å²) in [5.74, 6) is 0.0700. The minimum Gasteiger partial charge on any atom is -0.396 e. The summed E-state index contributed by atoms with van der Waals surface area (Å²) < 4.78 is 1.84. The number of aliphatic hydroxyl groups excluding tert-OH is 1. The molecule has 0 bridgehead atoms. The molecule has 0 saturated carbocycles. The molecule has 0 fully saturated rings. The molecule has 0 saturated heterocycles. The molecule has 0 aliphatic heterocycles. The van der Waals surface area contributed by atoms with Gasteiger partial charge >= 0.3 is 0 Å². The summed E-state index contributed by atoms with van der Waals surface area (Å²) in [6, 6.07) is 9.44. The van der Waals surface area contributed by atoms with Gasteiger partial charge in [0, 0.05) is 36.5 Å². The number of carbonyl (C=O) groups excluding carboxylic acids is 1. The molecule has 1 aromatic heterocycles. The average Bonchev–Trinajstić information content (AvgIpc) is 3.19. The standard InChI is InChI=1S/C17H19N3O2/c21-12-14-4-7-16(10-14)19-17(22)15-5-2-13(3-6-15)11-20-9-1-8-18-20/h1-9,14,16,21H,10-12H2,(H,19,22)/t14-,16+/m0/s1. The molecule has 22 heavy (non-hydrogen) atoms. The van der Waals surface area contributed by atoms with Crippen molar-refractivity contribution in [2.24, 2.45) is 5.92 Å². The van der Waals surface area contributed by atoms with Gasteiger partial charge in [0.25, 0.3) is 5.91 Å². The molecule has 5 heteroatoms. The molecule has 0 spiro atoms. The van der Waals surface area contributed by atoms with Crippen LogP contribution < -0.4 is 5.32 Å². The summed E-state index contributed by atoms with van der Waals surface area (Å²) in [4.78, 5) is 12.2. The summed E-state index contributed by atoms with van der Waals surface area (Å²) in [6.07, 6.45) is 8.32. The lowest BCUT2D eigenvalue weighted by Crippen LogP contribution is -2.32. The van der Waals surface area contributed by atoms with Crippen molar-refractivity contribution in [2.45, 2.75) is 19.0 Å². The summed E-state index contributed by atoms with van der Waals surface area (Å²) >= 11 is 0. The zero-order valence-corrected chi connectivity index (χ0v) is 12.2. The Balaban J connectivity index is 1.58. The lowest BCUT2D eigenvalue weighted by Gasteiger charge is -2.13. The molecule has 5 nitrogen and oxygen atoms in total. The van der Waals surface area contributed by atoms with Crippen molar-refractivity contribution < 1.29 is 9.90 Å². The quantitative estimate of drug-likeness (QED) is 0.824. The Hall–Kier alpha value is -2.40. The fraction of sp³-hybridized carbons (Fsp3) is 0.294. The van der Waals surface area contributed by atoms with E-state index in [1.807, 2.05) is 53.4 Å². The third kappa shape index (κ3) is 3.43. The van der Waals surface area contributed by atoms with Gasteiger partial charge in [-0.25, -0.2) is 0 Å². The van der Waals surface area contributed by atoms with E-state index in [9.17, 15) is 4.79 Å². The Kier molecular flexibility index (Phi) is 4.34. The number of benzene rings is 1. The molecule has 1 aliphatic rings. The van der Waals surface area contributed by atoms with Gasteiger partial charge in [-0.05, 0) is 30.2 Å². The topological polar surface area (TPSA) is 67.2 Å². The second kappa shape index (κ2) is 6.58. The minimum absolute atomic E-state index is 0.00778. The van der Waals surface area contributed by atoms with Crippen LogP contribution in [0.5, 0.6) is 0 Å². The summed E-state index contributed by atoms with van der Waals surface area (Å²) in [5, 5.41) is 16.2. The molecule has 1 aliphatic carbocycles. The van der Waals surface area contributed by atoms with E-state index in [1.54, 1.807) is 6.20 Å². The number of nitrogens with one attached hydrogen (secondary N) is 1. The molecule has 0 unspecified atom stereocenters. The van der Waals surface area contributed by atoms with Gasteiger partial charge < -0.3 is 10.4 Å². The first-order chi connectivity index (χ1) is 10.7. The Bertz CT molecular complexity index is 647. The highest BCUT2D eigenvalue weighted by Gasteiger charge is 2.20. The third-order valence-electron chi connectivity index (χ3n) is 3.84. The van der Waals surface area contributed by atoms with Gasteiger partial charge in [-0.1, -0.05) is 24.3 Å². The summed E-state index contributed by atoms with van der Waals surface area (Å²) in [7, 11) is 0. The molecule has 3 rings (SSSR count). The fourth-order valence-corrected chi connectivity index (χ4v) is 2.61. The van der Waals surface area contributed by atoms with E-state index < -0.39 is 0 Å². The SMILES string of the molecule is O=C(N[C@@H]1C=C[C@H](CO)C1)c1ccc(Cn2cccn2)cc1. The van der Waals surface area contributed by atoms with Crippen molar-refractivity contribution in [1.82, 2.24) is 15.1 Å². The van der Waals surface area contributed by atoms with Gasteiger partial charge in [-0.2, -0.15) is 5.10 Å². The van der Waals surface area contributed by atoms with E-state index in [0.717, 1.165) is 12.0 Å². The lowest BCUT2D eigenvalue weighted by atomic mass is 10.1. The largest absolute Gasteiger partial charge is 0.396 e. The second-order valence-corrected chi connectivity index (χ2v) is 5.54. The van der Waals surface area contributed by atoms with Gasteiger partial charge in [0.1, 0.15) is 0 Å². The van der Waals surface area contributed by atoms with Crippen LogP contribution in [0.3, 0.4) is 0 Å². The Morgan fingerprint density at radius 3 is 2.77 bits per heavy atom. The minimum atomic E-state index is -0.0844. The Morgan fingerprint density at radius 1 is 1.32 bits per heavy atom. The number of hydrogen-bond donors (Lipinski definition) is 2. The molecule has 2 atom stereocenters. The van der Waals surface area contributed by atoms with Crippen molar-refractivity contribution in [3.63, 3.8) is 0 Å². The number of hydrogen-bond acceptors (Lipinski definition) is 3. The molecule has 1 aromatic carbocycles. The average molecular weight is 297 g/mol. The van der Waals surface area contributed by atoms with Gasteiger partial charge in [0.15, 0.2) is 0 Å². The van der Waals surface area contributed by atoms with Crippen LogP contribution in [-0.2, 0) is 6.54 Å². The highest BCUT2D eigenvalue weighted by molar-refractivity contribution is 5.94. The highest BCUT2D eigenvalue weighted by atomic mass is 16.3. The maximum Gasteiger partial charge on any atom is 0.251 e. The van der Waals surface area contributed by atoms with Crippen LogP contribution in [0.2, 0.25) is 0 Å². The van der Waals surface area contributed by atoms with Crippen molar-refractivity contribution in [3.05, 3.63) is 66.0 Å². The van der Waals surface area contributed by atoms with Gasteiger partial charge in [-0.15, -0.1) is 0 Å². The summed E-state index contributed by atoms with van der Waals surface area (Å²) in [5.41, 5.74) is 1.74. The zero-order chi connectivity index (χ0) is 15.4. The maximum atomic E-state index is 12.2. The highest BCUT2D eigenvalue weighted by Crippen LogP contribution is 2.17. The van der Waals surface area contributed by atoms with Crippen molar-refractivity contribution in [1.29, 1.82) is 0 Å². The molecule has 2 aromatic rings. The molecule has 0 radical (unpaired) electrons. The Morgan fingerprint density at radius 2 is 2.14 bits per heavy atom. The van der Waals surface area contributed by atoms with E-state index in [-0.39, 0.29) is 24.5 Å². The van der Waals surface area contributed by atoms with E-state index in [1.165, 1.54) is 0 Å². The maximum absolute atomic E-state index is 12.2. The monoisotopic (exact) mass is 297 g/mol. The predicted molar refractivity (Wildman–Crippen MR) is 83.4 cm³/mol.